The molecule has 2 N–H and O–H groups in total. The van der Waals surface area contributed by atoms with Gasteiger partial charge in [0.15, 0.2) is 22.5 Å². The van der Waals surface area contributed by atoms with Gasteiger partial charge in [0, 0.05) is 21.8 Å². The topological polar surface area (TPSA) is 111 Å². The van der Waals surface area contributed by atoms with Gasteiger partial charge < -0.3 is 14.6 Å². The van der Waals surface area contributed by atoms with Crippen molar-refractivity contribution >= 4 is 35.5 Å². The number of aromatic nitrogens is 3. The third kappa shape index (κ3) is 6.41. The Morgan fingerprint density at radius 2 is 1.89 bits per heavy atom. The van der Waals surface area contributed by atoms with E-state index in [1.807, 2.05) is 47.9 Å². The normalized spacial score (nSPS) is 11.0. The minimum absolute atomic E-state index is 0.0383. The number of halogens is 1. The number of aromatic hydroxyl groups is 1. The first kappa shape index (κ1) is 26.1. The van der Waals surface area contributed by atoms with Crippen LogP contribution in [0.25, 0.3) is 17.1 Å². The molecule has 9 nitrogen and oxygen atoms in total. The van der Waals surface area contributed by atoms with Crippen LogP contribution in [0, 0.1) is 0 Å². The second-order valence-corrected chi connectivity index (χ2v) is 8.93. The summed E-state index contributed by atoms with van der Waals surface area (Å²) in [6, 6.07) is 19.8. The number of phenols is 1. The van der Waals surface area contributed by atoms with Gasteiger partial charge in [-0.2, -0.15) is 5.10 Å². The molecule has 1 amide bonds. The summed E-state index contributed by atoms with van der Waals surface area (Å²) >= 11 is 7.30. The predicted molar refractivity (Wildman–Crippen MR) is 144 cm³/mol. The molecule has 1 heterocycles. The molecular formula is C26H24ClN5O4S. The van der Waals surface area contributed by atoms with Crippen LogP contribution in [0.5, 0.6) is 17.2 Å². The van der Waals surface area contributed by atoms with E-state index in [0.29, 0.717) is 33.9 Å². The summed E-state index contributed by atoms with van der Waals surface area (Å²) in [5, 5.41) is 24.0. The smallest absolute Gasteiger partial charge is 0.250 e. The fourth-order valence-electron chi connectivity index (χ4n) is 3.37. The zero-order chi connectivity index (χ0) is 26.2. The molecule has 3 aromatic carbocycles. The average molecular weight is 538 g/mol. The van der Waals surface area contributed by atoms with Crippen molar-refractivity contribution in [1.29, 1.82) is 0 Å². The van der Waals surface area contributed by atoms with Crippen LogP contribution in [0.3, 0.4) is 0 Å². The molecule has 11 heteroatoms. The molecule has 0 aliphatic rings. The summed E-state index contributed by atoms with van der Waals surface area (Å²) in [6.07, 6.45) is 1.36. The lowest BCUT2D eigenvalue weighted by atomic mass is 10.2. The maximum absolute atomic E-state index is 12.5. The quantitative estimate of drug-likeness (QED) is 0.167. The van der Waals surface area contributed by atoms with E-state index in [1.165, 1.54) is 18.0 Å². The Morgan fingerprint density at radius 3 is 2.59 bits per heavy atom. The molecule has 0 unspecified atom stereocenters. The van der Waals surface area contributed by atoms with Gasteiger partial charge >= 0.3 is 0 Å². The van der Waals surface area contributed by atoms with Crippen LogP contribution in [0.15, 0.2) is 77.0 Å². The van der Waals surface area contributed by atoms with E-state index in [-0.39, 0.29) is 17.4 Å². The van der Waals surface area contributed by atoms with Crippen molar-refractivity contribution in [3.8, 4) is 34.3 Å². The summed E-state index contributed by atoms with van der Waals surface area (Å²) in [5.41, 5.74) is 4.52. The highest BCUT2D eigenvalue weighted by molar-refractivity contribution is 7.99. The number of carbonyl (C=O) groups is 1. The number of phenolic OH excluding ortho intramolecular Hbond substituents is 1. The van der Waals surface area contributed by atoms with Crippen LogP contribution in [-0.4, -0.2) is 51.5 Å². The Morgan fingerprint density at radius 1 is 1.14 bits per heavy atom. The lowest BCUT2D eigenvalue weighted by Crippen LogP contribution is -2.20. The van der Waals surface area contributed by atoms with Gasteiger partial charge in [0.05, 0.1) is 25.7 Å². The number of rotatable bonds is 10. The van der Waals surface area contributed by atoms with Crippen molar-refractivity contribution in [2.75, 3.05) is 19.5 Å². The summed E-state index contributed by atoms with van der Waals surface area (Å²) in [4.78, 5) is 12.5. The van der Waals surface area contributed by atoms with Crippen molar-refractivity contribution in [3.05, 3.63) is 77.3 Å². The van der Waals surface area contributed by atoms with Gasteiger partial charge in [0.2, 0.25) is 0 Å². The molecule has 0 bridgehead atoms. The molecule has 4 rings (SSSR count). The van der Waals surface area contributed by atoms with E-state index in [4.69, 9.17) is 21.1 Å². The number of carbonyl (C=O) groups excluding carboxylic acids is 1. The van der Waals surface area contributed by atoms with Crippen LogP contribution in [-0.2, 0) is 4.79 Å². The number of para-hydroxylation sites is 1. The summed E-state index contributed by atoms with van der Waals surface area (Å²) in [6.45, 7) is 2.24. The fourth-order valence-corrected chi connectivity index (χ4v) is 4.24. The first-order valence-electron chi connectivity index (χ1n) is 11.3. The number of nitrogens with one attached hydrogen (secondary N) is 1. The molecule has 4 aromatic rings. The highest BCUT2D eigenvalue weighted by atomic mass is 35.5. The largest absolute Gasteiger partial charge is 0.504 e. The van der Waals surface area contributed by atoms with Crippen LogP contribution in [0.2, 0.25) is 5.02 Å². The molecule has 0 spiro atoms. The van der Waals surface area contributed by atoms with E-state index in [1.54, 1.807) is 37.4 Å². The van der Waals surface area contributed by atoms with Crippen molar-refractivity contribution < 1.29 is 19.4 Å². The van der Waals surface area contributed by atoms with Crippen LogP contribution in [0.1, 0.15) is 12.5 Å². The maximum Gasteiger partial charge on any atom is 0.250 e. The number of hydrazone groups is 1. The van der Waals surface area contributed by atoms with Gasteiger partial charge in [0.1, 0.15) is 5.75 Å². The Bertz CT molecular complexity index is 1390. The Labute approximate surface area is 223 Å². The highest BCUT2D eigenvalue weighted by Gasteiger charge is 2.17. The van der Waals surface area contributed by atoms with Gasteiger partial charge in [-0.05, 0) is 67.6 Å². The summed E-state index contributed by atoms with van der Waals surface area (Å²) in [7, 11) is 1.61. The molecule has 0 saturated carbocycles. The van der Waals surface area contributed by atoms with Crippen molar-refractivity contribution in [2.45, 2.75) is 12.1 Å². The standard InChI is InChI=1S/C26H24ClN5O4S/c1-3-36-22-6-4-5-18(24(22)34)15-28-29-23(33)16-37-26-31-30-25(17-7-13-21(35-2)14-8-17)32(26)20-11-9-19(27)10-12-20/h4-15,34H,3,16H2,1-2H3,(H,29,33)/b28-15-. The van der Waals surface area contributed by atoms with Crippen molar-refractivity contribution in [3.63, 3.8) is 0 Å². The fraction of sp³-hybridized carbons (Fsp3) is 0.154. The second-order valence-electron chi connectivity index (χ2n) is 7.56. The average Bonchev–Trinajstić information content (AvgIpc) is 3.34. The molecule has 0 fully saturated rings. The zero-order valence-corrected chi connectivity index (χ0v) is 21.7. The van der Waals surface area contributed by atoms with E-state index in [0.717, 1.165) is 17.0 Å². The van der Waals surface area contributed by atoms with E-state index in [2.05, 4.69) is 20.7 Å². The highest BCUT2D eigenvalue weighted by Crippen LogP contribution is 2.30. The van der Waals surface area contributed by atoms with Gasteiger partial charge in [-0.15, -0.1) is 10.2 Å². The zero-order valence-electron chi connectivity index (χ0n) is 20.1. The minimum atomic E-state index is -0.349. The van der Waals surface area contributed by atoms with Crippen LogP contribution in [0.4, 0.5) is 0 Å². The van der Waals surface area contributed by atoms with Crippen molar-refractivity contribution in [2.24, 2.45) is 5.10 Å². The van der Waals surface area contributed by atoms with E-state index in [9.17, 15) is 9.90 Å². The van der Waals surface area contributed by atoms with Gasteiger partial charge in [-0.1, -0.05) is 29.4 Å². The molecule has 0 atom stereocenters. The first-order valence-corrected chi connectivity index (χ1v) is 12.6. The van der Waals surface area contributed by atoms with E-state index < -0.39 is 0 Å². The van der Waals surface area contributed by atoms with Crippen LogP contribution < -0.4 is 14.9 Å². The molecule has 37 heavy (non-hydrogen) atoms. The van der Waals surface area contributed by atoms with Gasteiger partial charge in [-0.3, -0.25) is 9.36 Å². The minimum Gasteiger partial charge on any atom is -0.504 e. The van der Waals surface area contributed by atoms with Crippen molar-refractivity contribution in [1.82, 2.24) is 20.2 Å². The Hall–Kier alpha value is -4.02. The number of benzene rings is 3. The molecule has 190 valence electrons. The summed E-state index contributed by atoms with van der Waals surface area (Å²) in [5.74, 6) is 1.33. The molecule has 0 aliphatic carbocycles. The van der Waals surface area contributed by atoms with Gasteiger partial charge in [-0.25, -0.2) is 5.43 Å². The second kappa shape index (κ2) is 12.3. The molecule has 0 saturated heterocycles. The Kier molecular flexibility index (Phi) is 8.65. The van der Waals surface area contributed by atoms with Gasteiger partial charge in [0.25, 0.3) is 5.91 Å². The number of hydrogen-bond donors (Lipinski definition) is 2. The Balaban J connectivity index is 1.49. The molecular weight excluding hydrogens is 514 g/mol. The SMILES string of the molecule is CCOc1cccc(/C=N\NC(=O)CSc2nnc(-c3ccc(OC)cc3)n2-c2ccc(Cl)cc2)c1O. The number of ether oxygens (including phenoxy) is 2. The third-order valence-electron chi connectivity index (χ3n) is 5.12. The maximum atomic E-state index is 12.5. The van der Waals surface area contributed by atoms with E-state index >= 15 is 0 Å². The predicted octanol–water partition coefficient (Wildman–Crippen LogP) is 4.94. The number of methoxy groups -OCH3 is 1. The number of nitrogens with zero attached hydrogens (tertiary/aromatic N) is 4. The monoisotopic (exact) mass is 537 g/mol. The summed E-state index contributed by atoms with van der Waals surface area (Å²) < 4.78 is 12.5. The molecule has 0 aliphatic heterocycles. The first-order chi connectivity index (χ1) is 18.0. The number of amides is 1. The lowest BCUT2D eigenvalue weighted by molar-refractivity contribution is -0.118. The molecule has 1 aromatic heterocycles. The lowest BCUT2D eigenvalue weighted by Gasteiger charge is -2.11. The number of hydrogen-bond acceptors (Lipinski definition) is 8. The molecule has 0 radical (unpaired) electrons. The van der Waals surface area contributed by atoms with Crippen LogP contribution >= 0.6 is 23.4 Å². The number of thioether (sulfide) groups is 1. The third-order valence-corrected chi connectivity index (χ3v) is 6.30.